The first-order valence-electron chi connectivity index (χ1n) is 9.11. The van der Waals surface area contributed by atoms with E-state index in [0.29, 0.717) is 6.04 Å². The number of hydrogen-bond donors (Lipinski definition) is 0. The highest BCUT2D eigenvalue weighted by molar-refractivity contribution is 5.76. The topological polar surface area (TPSA) is 58.0 Å². The average Bonchev–Trinajstić information content (AvgIpc) is 2.67. The monoisotopic (exact) mass is 348 g/mol. The van der Waals surface area contributed by atoms with Crippen molar-refractivity contribution in [3.8, 4) is 0 Å². The van der Waals surface area contributed by atoms with Gasteiger partial charge in [0.05, 0.1) is 16.7 Å². The van der Waals surface area contributed by atoms with Crippen molar-refractivity contribution in [2.24, 2.45) is 0 Å². The molecule has 0 unspecified atom stereocenters. The molecule has 26 heavy (non-hydrogen) atoms. The average molecular weight is 348 g/mol. The van der Waals surface area contributed by atoms with Crippen LogP contribution in [0, 0.1) is 13.8 Å². The molecule has 0 spiro atoms. The van der Waals surface area contributed by atoms with Crippen LogP contribution in [0.25, 0.3) is 11.0 Å². The van der Waals surface area contributed by atoms with Crippen LogP contribution in [0.15, 0.2) is 36.7 Å². The van der Waals surface area contributed by atoms with Crippen molar-refractivity contribution in [1.82, 2.24) is 19.9 Å². The first-order valence-corrected chi connectivity index (χ1v) is 9.11. The number of fused-ring (bicyclic) bond motifs is 1. The fraction of sp³-hybridized carbons (Fsp3) is 0.400. The van der Waals surface area contributed by atoms with Crippen LogP contribution >= 0.6 is 0 Å². The Morgan fingerprint density at radius 2 is 1.69 bits per heavy atom. The fourth-order valence-corrected chi connectivity index (χ4v) is 3.66. The molecule has 1 aromatic carbocycles. The maximum atomic E-state index is 4.87. The van der Waals surface area contributed by atoms with Crippen molar-refractivity contribution in [3.63, 3.8) is 0 Å². The lowest BCUT2D eigenvalue weighted by Gasteiger charge is -2.38. The molecule has 4 rings (SSSR count). The molecule has 134 valence electrons. The maximum absolute atomic E-state index is 4.87. The minimum Gasteiger partial charge on any atom is -0.356 e. The molecule has 0 aliphatic carbocycles. The molecule has 1 fully saturated rings. The van der Waals surface area contributed by atoms with Gasteiger partial charge in [-0.1, -0.05) is 12.1 Å². The molecule has 1 aliphatic heterocycles. The number of benzene rings is 1. The second-order valence-electron chi connectivity index (χ2n) is 6.97. The number of para-hydroxylation sites is 2. The SMILES string of the molecule is Cc1cc(N(C)C2CCN(c3nc4ccccc4nc3C)CC2)ncn1. The smallest absolute Gasteiger partial charge is 0.150 e. The molecule has 2 aromatic heterocycles. The van der Waals surface area contributed by atoms with Gasteiger partial charge in [-0.3, -0.25) is 0 Å². The number of hydrogen-bond acceptors (Lipinski definition) is 6. The third-order valence-corrected chi connectivity index (χ3v) is 5.18. The first kappa shape index (κ1) is 16.7. The van der Waals surface area contributed by atoms with Crippen LogP contribution in [-0.4, -0.2) is 46.1 Å². The zero-order chi connectivity index (χ0) is 18.1. The number of nitrogens with zero attached hydrogens (tertiary/aromatic N) is 6. The van der Waals surface area contributed by atoms with Gasteiger partial charge in [0.15, 0.2) is 5.82 Å². The maximum Gasteiger partial charge on any atom is 0.150 e. The highest BCUT2D eigenvalue weighted by Crippen LogP contribution is 2.26. The summed E-state index contributed by atoms with van der Waals surface area (Å²) in [5, 5.41) is 0. The molecule has 3 aromatic rings. The Balaban J connectivity index is 1.49. The van der Waals surface area contributed by atoms with E-state index in [1.807, 2.05) is 37.3 Å². The van der Waals surface area contributed by atoms with Gasteiger partial charge < -0.3 is 9.80 Å². The Kier molecular flexibility index (Phi) is 4.41. The summed E-state index contributed by atoms with van der Waals surface area (Å²) in [6, 6.07) is 10.6. The lowest BCUT2D eigenvalue weighted by atomic mass is 10.0. The van der Waals surface area contributed by atoms with Gasteiger partial charge in [-0.2, -0.15) is 0 Å². The number of aryl methyl sites for hydroxylation is 2. The highest BCUT2D eigenvalue weighted by Gasteiger charge is 2.25. The minimum atomic E-state index is 0.481. The molecule has 6 nitrogen and oxygen atoms in total. The van der Waals surface area contributed by atoms with E-state index in [4.69, 9.17) is 9.97 Å². The van der Waals surface area contributed by atoms with E-state index in [1.165, 1.54) is 0 Å². The third kappa shape index (κ3) is 3.19. The molecule has 0 N–H and O–H groups in total. The van der Waals surface area contributed by atoms with Crippen molar-refractivity contribution in [2.45, 2.75) is 32.7 Å². The van der Waals surface area contributed by atoms with Crippen LogP contribution in [0.5, 0.6) is 0 Å². The van der Waals surface area contributed by atoms with Gasteiger partial charge in [-0.25, -0.2) is 19.9 Å². The van der Waals surface area contributed by atoms with Crippen LogP contribution in [-0.2, 0) is 0 Å². The number of rotatable bonds is 3. The molecule has 0 radical (unpaired) electrons. The van der Waals surface area contributed by atoms with Crippen molar-refractivity contribution in [3.05, 3.63) is 48.0 Å². The summed E-state index contributed by atoms with van der Waals surface area (Å²) in [4.78, 5) is 22.9. The summed E-state index contributed by atoms with van der Waals surface area (Å²) in [5.74, 6) is 2.01. The Morgan fingerprint density at radius 1 is 1.00 bits per heavy atom. The van der Waals surface area contributed by atoms with E-state index < -0.39 is 0 Å². The van der Waals surface area contributed by atoms with Crippen LogP contribution in [0.2, 0.25) is 0 Å². The Labute approximate surface area is 153 Å². The van der Waals surface area contributed by atoms with Crippen LogP contribution in [0.4, 0.5) is 11.6 Å². The largest absolute Gasteiger partial charge is 0.356 e. The molecular formula is C20H24N6. The third-order valence-electron chi connectivity index (χ3n) is 5.18. The minimum absolute atomic E-state index is 0.481. The zero-order valence-electron chi connectivity index (χ0n) is 15.6. The van der Waals surface area contributed by atoms with Crippen LogP contribution in [0.1, 0.15) is 24.2 Å². The lowest BCUT2D eigenvalue weighted by molar-refractivity contribution is 0.477. The highest BCUT2D eigenvalue weighted by atomic mass is 15.2. The normalized spacial score (nSPS) is 15.4. The summed E-state index contributed by atoms with van der Waals surface area (Å²) < 4.78 is 0. The van der Waals surface area contributed by atoms with E-state index >= 15 is 0 Å². The van der Waals surface area contributed by atoms with E-state index in [9.17, 15) is 0 Å². The molecule has 3 heterocycles. The van der Waals surface area contributed by atoms with Gasteiger partial charge in [-0.15, -0.1) is 0 Å². The quantitative estimate of drug-likeness (QED) is 0.725. The van der Waals surface area contributed by atoms with Crippen molar-refractivity contribution in [2.75, 3.05) is 29.9 Å². The second kappa shape index (κ2) is 6.86. The molecule has 0 bridgehead atoms. The summed E-state index contributed by atoms with van der Waals surface area (Å²) in [7, 11) is 2.13. The Hall–Kier alpha value is -2.76. The molecule has 0 saturated carbocycles. The molecule has 1 saturated heterocycles. The van der Waals surface area contributed by atoms with Crippen molar-refractivity contribution in [1.29, 1.82) is 0 Å². The number of anilines is 2. The van der Waals surface area contributed by atoms with Crippen molar-refractivity contribution >= 4 is 22.7 Å². The fourth-order valence-electron chi connectivity index (χ4n) is 3.66. The van der Waals surface area contributed by atoms with E-state index in [2.05, 4.69) is 33.7 Å². The standard InChI is InChI=1S/C20H24N6/c1-14-12-19(22-13-21-14)25(3)16-8-10-26(11-9-16)20-15(2)23-17-6-4-5-7-18(17)24-20/h4-7,12-13,16H,8-11H2,1-3H3. The van der Waals surface area contributed by atoms with E-state index in [1.54, 1.807) is 6.33 Å². The predicted octanol–water partition coefficient (Wildman–Crippen LogP) is 3.14. The van der Waals surface area contributed by atoms with Gasteiger partial charge in [0, 0.05) is 37.9 Å². The summed E-state index contributed by atoms with van der Waals surface area (Å²) >= 11 is 0. The van der Waals surface area contributed by atoms with Crippen molar-refractivity contribution < 1.29 is 0 Å². The van der Waals surface area contributed by atoms with Crippen LogP contribution in [0.3, 0.4) is 0 Å². The lowest BCUT2D eigenvalue weighted by Crippen LogP contribution is -2.44. The number of aromatic nitrogens is 4. The summed E-state index contributed by atoms with van der Waals surface area (Å²) in [6.45, 7) is 6.01. The molecule has 6 heteroatoms. The molecule has 0 amide bonds. The van der Waals surface area contributed by atoms with Crippen LogP contribution < -0.4 is 9.80 Å². The van der Waals surface area contributed by atoms with E-state index in [0.717, 1.165) is 60.0 Å². The van der Waals surface area contributed by atoms with Gasteiger partial charge >= 0.3 is 0 Å². The molecular weight excluding hydrogens is 324 g/mol. The van der Waals surface area contributed by atoms with E-state index in [-0.39, 0.29) is 0 Å². The second-order valence-corrected chi connectivity index (χ2v) is 6.97. The van der Waals surface area contributed by atoms with Gasteiger partial charge in [0.1, 0.15) is 12.1 Å². The molecule has 1 aliphatic rings. The van der Waals surface area contributed by atoms with Gasteiger partial charge in [0.2, 0.25) is 0 Å². The Morgan fingerprint density at radius 3 is 2.38 bits per heavy atom. The predicted molar refractivity (Wildman–Crippen MR) is 105 cm³/mol. The number of piperidine rings is 1. The molecule has 0 atom stereocenters. The zero-order valence-corrected chi connectivity index (χ0v) is 15.6. The van der Waals surface area contributed by atoms with Gasteiger partial charge in [0.25, 0.3) is 0 Å². The Bertz CT molecular complexity index is 917. The summed E-state index contributed by atoms with van der Waals surface area (Å²) in [6.07, 6.45) is 3.80. The summed E-state index contributed by atoms with van der Waals surface area (Å²) in [5.41, 5.74) is 3.93. The van der Waals surface area contributed by atoms with Gasteiger partial charge in [-0.05, 0) is 38.8 Å². The first-order chi connectivity index (χ1) is 12.6.